The van der Waals surface area contributed by atoms with E-state index in [0.29, 0.717) is 0 Å². The zero-order chi connectivity index (χ0) is 11.4. The van der Waals surface area contributed by atoms with Gasteiger partial charge in [0.1, 0.15) is 24.4 Å². The van der Waals surface area contributed by atoms with E-state index in [0.717, 1.165) is 0 Å². The molecule has 1 aliphatic heterocycles. The fraction of sp³-hybridized carbons (Fsp3) is 1.00. The third kappa shape index (κ3) is 2.66. The number of aliphatic hydroxyl groups is 2. The van der Waals surface area contributed by atoms with E-state index in [1.807, 2.05) is 0 Å². The van der Waals surface area contributed by atoms with Crippen LogP contribution in [0.3, 0.4) is 0 Å². The molecule has 1 fully saturated rings. The summed E-state index contributed by atoms with van der Waals surface area (Å²) in [6.45, 7) is 0.239. The van der Waals surface area contributed by atoms with Crippen LogP contribution >= 0.6 is 0 Å². The molecule has 0 aromatic rings. The highest BCUT2D eigenvalue weighted by Crippen LogP contribution is 2.23. The largest absolute Gasteiger partial charge is 0.387 e. The summed E-state index contributed by atoms with van der Waals surface area (Å²) in [6.07, 6.45) is -3.99. The minimum absolute atomic E-state index is 0.239. The first-order valence-corrected chi connectivity index (χ1v) is 4.71. The van der Waals surface area contributed by atoms with Crippen LogP contribution in [0, 0.1) is 0 Å². The predicted octanol–water partition coefficient (Wildman–Crippen LogP) is -1.26. The van der Waals surface area contributed by atoms with Crippen molar-refractivity contribution in [3.63, 3.8) is 0 Å². The summed E-state index contributed by atoms with van der Waals surface area (Å²) in [7, 11) is 4.37. The van der Waals surface area contributed by atoms with Crippen molar-refractivity contribution in [2.75, 3.05) is 27.9 Å². The van der Waals surface area contributed by atoms with E-state index >= 15 is 0 Å². The minimum atomic E-state index is -1.17. The molecule has 0 aliphatic carbocycles. The maximum absolute atomic E-state index is 9.85. The van der Waals surface area contributed by atoms with Crippen LogP contribution in [0.1, 0.15) is 0 Å². The summed E-state index contributed by atoms with van der Waals surface area (Å²) in [5.41, 5.74) is 0. The molecule has 0 amide bonds. The van der Waals surface area contributed by atoms with Crippen molar-refractivity contribution in [1.82, 2.24) is 0 Å². The first kappa shape index (κ1) is 12.8. The molecule has 1 aliphatic rings. The van der Waals surface area contributed by atoms with Crippen molar-refractivity contribution in [2.45, 2.75) is 30.7 Å². The van der Waals surface area contributed by atoms with Crippen molar-refractivity contribution in [2.24, 2.45) is 0 Å². The number of aliphatic hydroxyl groups excluding tert-OH is 2. The SMILES string of the molecule is COCC1O[C@@H](O)C(OC)C(O)[C@H]1OC. The number of hydrogen-bond acceptors (Lipinski definition) is 6. The molecule has 2 N–H and O–H groups in total. The van der Waals surface area contributed by atoms with Crippen LogP contribution in [0.15, 0.2) is 0 Å². The fourth-order valence-corrected chi connectivity index (χ4v) is 1.75. The lowest BCUT2D eigenvalue weighted by Crippen LogP contribution is -2.59. The maximum atomic E-state index is 9.85. The molecule has 0 aromatic heterocycles. The van der Waals surface area contributed by atoms with Gasteiger partial charge < -0.3 is 29.2 Å². The Balaban J connectivity index is 2.70. The Morgan fingerprint density at radius 2 is 1.67 bits per heavy atom. The number of hydrogen-bond donors (Lipinski definition) is 2. The van der Waals surface area contributed by atoms with Gasteiger partial charge in [0.15, 0.2) is 6.29 Å². The monoisotopic (exact) mass is 222 g/mol. The molecule has 0 radical (unpaired) electrons. The van der Waals surface area contributed by atoms with Crippen LogP contribution in [0.2, 0.25) is 0 Å². The maximum Gasteiger partial charge on any atom is 0.184 e. The molecular formula is C9H18O6. The summed E-state index contributed by atoms with van der Waals surface area (Å²) in [4.78, 5) is 0. The quantitative estimate of drug-likeness (QED) is 0.618. The van der Waals surface area contributed by atoms with Gasteiger partial charge in [-0.3, -0.25) is 0 Å². The lowest BCUT2D eigenvalue weighted by atomic mass is 9.99. The Morgan fingerprint density at radius 3 is 2.13 bits per heavy atom. The van der Waals surface area contributed by atoms with Gasteiger partial charge in [0.05, 0.1) is 6.61 Å². The number of methoxy groups -OCH3 is 3. The third-order valence-electron chi connectivity index (χ3n) is 2.51. The summed E-state index contributed by atoms with van der Waals surface area (Å²) >= 11 is 0. The Labute approximate surface area is 88.7 Å². The molecule has 1 heterocycles. The van der Waals surface area contributed by atoms with Crippen molar-refractivity contribution < 1.29 is 29.2 Å². The molecule has 0 bridgehead atoms. The van der Waals surface area contributed by atoms with Crippen LogP contribution in [0.4, 0.5) is 0 Å². The van der Waals surface area contributed by atoms with E-state index in [4.69, 9.17) is 18.9 Å². The Kier molecular flexibility index (Phi) is 4.91. The molecule has 90 valence electrons. The average Bonchev–Trinajstić information content (AvgIpc) is 2.19. The van der Waals surface area contributed by atoms with Crippen molar-refractivity contribution in [3.8, 4) is 0 Å². The number of rotatable bonds is 4. The topological polar surface area (TPSA) is 77.4 Å². The van der Waals surface area contributed by atoms with Crippen molar-refractivity contribution in [1.29, 1.82) is 0 Å². The summed E-state index contributed by atoms with van der Waals surface area (Å²) in [6, 6.07) is 0. The van der Waals surface area contributed by atoms with E-state index in [2.05, 4.69) is 0 Å². The van der Waals surface area contributed by atoms with Gasteiger partial charge in [-0.15, -0.1) is 0 Å². The van der Waals surface area contributed by atoms with Gasteiger partial charge in [-0.05, 0) is 0 Å². The minimum Gasteiger partial charge on any atom is -0.387 e. The molecule has 1 rings (SSSR count). The fourth-order valence-electron chi connectivity index (χ4n) is 1.75. The Hall–Kier alpha value is -0.240. The van der Waals surface area contributed by atoms with Gasteiger partial charge in [-0.1, -0.05) is 0 Å². The Morgan fingerprint density at radius 1 is 1.07 bits per heavy atom. The normalized spacial score (nSPS) is 41.8. The molecule has 6 nitrogen and oxygen atoms in total. The molecule has 3 unspecified atom stereocenters. The van der Waals surface area contributed by atoms with E-state index < -0.39 is 30.7 Å². The van der Waals surface area contributed by atoms with Gasteiger partial charge in [0.2, 0.25) is 0 Å². The van der Waals surface area contributed by atoms with E-state index in [-0.39, 0.29) is 6.61 Å². The van der Waals surface area contributed by atoms with Gasteiger partial charge in [-0.2, -0.15) is 0 Å². The zero-order valence-electron chi connectivity index (χ0n) is 9.12. The van der Waals surface area contributed by atoms with Crippen LogP contribution in [0.25, 0.3) is 0 Å². The molecule has 0 aromatic carbocycles. The van der Waals surface area contributed by atoms with Gasteiger partial charge >= 0.3 is 0 Å². The van der Waals surface area contributed by atoms with Crippen LogP contribution in [-0.2, 0) is 18.9 Å². The molecule has 5 atom stereocenters. The standard InChI is InChI=1S/C9H18O6/c1-12-4-5-7(13-2)6(10)8(14-3)9(11)15-5/h5-11H,4H2,1-3H3/t5?,6?,7-,8?,9+/m0/s1. The highest BCUT2D eigenvalue weighted by molar-refractivity contribution is 4.90. The summed E-state index contributed by atoms with van der Waals surface area (Å²) in [5, 5.41) is 19.4. The first-order chi connectivity index (χ1) is 7.15. The molecule has 0 saturated carbocycles. The molecule has 6 heteroatoms. The molecular weight excluding hydrogens is 204 g/mol. The lowest BCUT2D eigenvalue weighted by Gasteiger charge is -2.41. The molecule has 15 heavy (non-hydrogen) atoms. The van der Waals surface area contributed by atoms with Crippen molar-refractivity contribution >= 4 is 0 Å². The summed E-state index contributed by atoms with van der Waals surface area (Å²) in [5.74, 6) is 0. The highest BCUT2D eigenvalue weighted by Gasteiger charge is 2.45. The van der Waals surface area contributed by atoms with E-state index in [1.54, 1.807) is 0 Å². The van der Waals surface area contributed by atoms with Gasteiger partial charge in [0.25, 0.3) is 0 Å². The average molecular weight is 222 g/mol. The van der Waals surface area contributed by atoms with Crippen LogP contribution in [-0.4, -0.2) is 68.9 Å². The lowest BCUT2D eigenvalue weighted by molar-refractivity contribution is -0.296. The third-order valence-corrected chi connectivity index (χ3v) is 2.51. The Bertz CT molecular complexity index is 185. The van der Waals surface area contributed by atoms with Crippen LogP contribution < -0.4 is 0 Å². The van der Waals surface area contributed by atoms with E-state index in [9.17, 15) is 10.2 Å². The smallest absolute Gasteiger partial charge is 0.184 e. The zero-order valence-corrected chi connectivity index (χ0v) is 9.12. The number of ether oxygens (including phenoxy) is 4. The van der Waals surface area contributed by atoms with Gasteiger partial charge in [-0.25, -0.2) is 0 Å². The molecule has 1 saturated heterocycles. The second kappa shape index (κ2) is 5.74. The molecule has 0 spiro atoms. The first-order valence-electron chi connectivity index (χ1n) is 4.71. The predicted molar refractivity (Wildman–Crippen MR) is 50.4 cm³/mol. The second-order valence-electron chi connectivity index (χ2n) is 3.41. The van der Waals surface area contributed by atoms with Crippen molar-refractivity contribution in [3.05, 3.63) is 0 Å². The summed E-state index contributed by atoms with van der Waals surface area (Å²) < 4.78 is 20.2. The van der Waals surface area contributed by atoms with E-state index in [1.165, 1.54) is 21.3 Å². The van der Waals surface area contributed by atoms with Gasteiger partial charge in [0, 0.05) is 21.3 Å². The second-order valence-corrected chi connectivity index (χ2v) is 3.41. The van der Waals surface area contributed by atoms with Crippen LogP contribution in [0.5, 0.6) is 0 Å². The highest BCUT2D eigenvalue weighted by atomic mass is 16.7.